The van der Waals surface area contributed by atoms with E-state index in [-0.39, 0.29) is 6.04 Å². The highest BCUT2D eigenvalue weighted by atomic mass is 15.3. The van der Waals surface area contributed by atoms with Crippen molar-refractivity contribution in [1.82, 2.24) is 19.6 Å². The van der Waals surface area contributed by atoms with Gasteiger partial charge in [0.05, 0.1) is 29.8 Å². The molecule has 0 aliphatic rings. The van der Waals surface area contributed by atoms with E-state index in [9.17, 15) is 0 Å². The van der Waals surface area contributed by atoms with Gasteiger partial charge in [-0.2, -0.15) is 10.2 Å². The van der Waals surface area contributed by atoms with E-state index in [0.29, 0.717) is 5.92 Å². The molecule has 0 unspecified atom stereocenters. The van der Waals surface area contributed by atoms with Crippen LogP contribution in [0.1, 0.15) is 45.0 Å². The molecule has 0 spiro atoms. The SMILES string of the molecule is CCc1c(N[C@@H](C)c2cnn(C)c2)cnn1CC(C)C. The van der Waals surface area contributed by atoms with Crippen molar-refractivity contribution in [1.29, 1.82) is 0 Å². The van der Waals surface area contributed by atoms with Crippen LogP contribution >= 0.6 is 0 Å². The van der Waals surface area contributed by atoms with Crippen LogP contribution in [0, 0.1) is 5.92 Å². The molecule has 1 N–H and O–H groups in total. The second-order valence-corrected chi connectivity index (χ2v) is 5.75. The predicted octanol–water partition coefficient (Wildman–Crippen LogP) is 3.01. The molecule has 1 atom stereocenters. The van der Waals surface area contributed by atoms with Gasteiger partial charge in [0.25, 0.3) is 0 Å². The lowest BCUT2D eigenvalue weighted by Crippen LogP contribution is -2.11. The lowest BCUT2D eigenvalue weighted by molar-refractivity contribution is 0.470. The van der Waals surface area contributed by atoms with Gasteiger partial charge in [0.2, 0.25) is 0 Å². The van der Waals surface area contributed by atoms with E-state index in [4.69, 9.17) is 0 Å². The average Bonchev–Trinajstić information content (AvgIpc) is 2.96. The largest absolute Gasteiger partial charge is 0.376 e. The van der Waals surface area contributed by atoms with Gasteiger partial charge in [-0.15, -0.1) is 0 Å². The lowest BCUT2D eigenvalue weighted by atomic mass is 10.1. The van der Waals surface area contributed by atoms with Crippen molar-refractivity contribution in [2.45, 2.75) is 46.7 Å². The summed E-state index contributed by atoms with van der Waals surface area (Å²) in [5.41, 5.74) is 3.59. The number of hydrogen-bond donors (Lipinski definition) is 1. The van der Waals surface area contributed by atoms with Crippen molar-refractivity contribution < 1.29 is 0 Å². The lowest BCUT2D eigenvalue weighted by Gasteiger charge is -2.15. The van der Waals surface area contributed by atoms with E-state index in [1.54, 1.807) is 0 Å². The Morgan fingerprint density at radius 2 is 1.95 bits per heavy atom. The maximum absolute atomic E-state index is 4.51. The highest BCUT2D eigenvalue weighted by molar-refractivity contribution is 5.48. The first kappa shape index (κ1) is 14.6. The van der Waals surface area contributed by atoms with Gasteiger partial charge in [0.1, 0.15) is 0 Å². The maximum Gasteiger partial charge on any atom is 0.0763 e. The zero-order chi connectivity index (χ0) is 14.7. The summed E-state index contributed by atoms with van der Waals surface area (Å²) >= 11 is 0. The Morgan fingerprint density at radius 3 is 2.50 bits per heavy atom. The molecular formula is C15H25N5. The second kappa shape index (κ2) is 6.11. The minimum Gasteiger partial charge on any atom is -0.376 e. The topological polar surface area (TPSA) is 47.7 Å². The highest BCUT2D eigenvalue weighted by Crippen LogP contribution is 2.23. The molecule has 0 saturated heterocycles. The monoisotopic (exact) mass is 275 g/mol. The number of nitrogens with one attached hydrogen (secondary N) is 1. The van der Waals surface area contributed by atoms with Gasteiger partial charge in [-0.05, 0) is 19.3 Å². The summed E-state index contributed by atoms with van der Waals surface area (Å²) in [5.74, 6) is 0.601. The molecule has 2 heterocycles. The van der Waals surface area contributed by atoms with Crippen LogP contribution in [-0.4, -0.2) is 19.6 Å². The summed E-state index contributed by atoms with van der Waals surface area (Å²) in [5, 5.41) is 12.3. The van der Waals surface area contributed by atoms with Gasteiger partial charge in [0, 0.05) is 25.4 Å². The smallest absolute Gasteiger partial charge is 0.0763 e. The quantitative estimate of drug-likeness (QED) is 0.881. The van der Waals surface area contributed by atoms with Crippen LogP contribution in [0.5, 0.6) is 0 Å². The molecule has 0 amide bonds. The average molecular weight is 275 g/mol. The van der Waals surface area contributed by atoms with E-state index in [1.165, 1.54) is 11.3 Å². The number of anilines is 1. The van der Waals surface area contributed by atoms with Crippen molar-refractivity contribution in [3.8, 4) is 0 Å². The number of rotatable bonds is 6. The van der Waals surface area contributed by atoms with E-state index >= 15 is 0 Å². The van der Waals surface area contributed by atoms with Crippen LogP contribution in [0.15, 0.2) is 18.6 Å². The number of aromatic nitrogens is 4. The van der Waals surface area contributed by atoms with Crippen LogP contribution in [0.25, 0.3) is 0 Å². The molecule has 5 heteroatoms. The fourth-order valence-electron chi connectivity index (χ4n) is 2.39. The van der Waals surface area contributed by atoms with Crippen molar-refractivity contribution in [2.24, 2.45) is 13.0 Å². The molecule has 2 aromatic rings. The molecular weight excluding hydrogens is 250 g/mol. The zero-order valence-electron chi connectivity index (χ0n) is 13.1. The molecule has 5 nitrogen and oxygen atoms in total. The second-order valence-electron chi connectivity index (χ2n) is 5.75. The molecule has 110 valence electrons. The summed E-state index contributed by atoms with van der Waals surface area (Å²) in [6, 6.07) is 0.228. The van der Waals surface area contributed by atoms with Crippen LogP contribution in [-0.2, 0) is 20.0 Å². The summed E-state index contributed by atoms with van der Waals surface area (Å²) in [4.78, 5) is 0. The zero-order valence-corrected chi connectivity index (χ0v) is 13.1. The van der Waals surface area contributed by atoms with Gasteiger partial charge in [0.15, 0.2) is 0 Å². The minimum absolute atomic E-state index is 0.228. The molecule has 20 heavy (non-hydrogen) atoms. The first-order chi connectivity index (χ1) is 9.51. The molecule has 0 fully saturated rings. The number of aryl methyl sites for hydroxylation is 1. The van der Waals surface area contributed by atoms with Gasteiger partial charge in [-0.3, -0.25) is 9.36 Å². The fraction of sp³-hybridized carbons (Fsp3) is 0.600. The summed E-state index contributed by atoms with van der Waals surface area (Å²) < 4.78 is 3.94. The van der Waals surface area contributed by atoms with E-state index in [1.807, 2.05) is 30.3 Å². The van der Waals surface area contributed by atoms with E-state index < -0.39 is 0 Å². The molecule has 2 rings (SSSR count). The number of hydrogen-bond acceptors (Lipinski definition) is 3. The van der Waals surface area contributed by atoms with Crippen LogP contribution in [0.3, 0.4) is 0 Å². The third kappa shape index (κ3) is 3.21. The Kier molecular flexibility index (Phi) is 4.47. The fourth-order valence-corrected chi connectivity index (χ4v) is 2.39. The van der Waals surface area contributed by atoms with Gasteiger partial charge >= 0.3 is 0 Å². The van der Waals surface area contributed by atoms with Crippen molar-refractivity contribution in [3.05, 3.63) is 29.8 Å². The van der Waals surface area contributed by atoms with Gasteiger partial charge in [-0.25, -0.2) is 0 Å². The molecule has 0 aromatic carbocycles. The molecule has 0 saturated carbocycles. The van der Waals surface area contributed by atoms with Crippen molar-refractivity contribution in [3.63, 3.8) is 0 Å². The molecule has 0 aliphatic heterocycles. The molecule has 0 bridgehead atoms. The first-order valence-electron chi connectivity index (χ1n) is 7.31. The van der Waals surface area contributed by atoms with E-state index in [0.717, 1.165) is 18.7 Å². The Hall–Kier alpha value is -1.78. The van der Waals surface area contributed by atoms with Crippen molar-refractivity contribution in [2.75, 3.05) is 5.32 Å². The Bertz CT molecular complexity index is 552. The molecule has 0 radical (unpaired) electrons. The molecule has 2 aromatic heterocycles. The third-order valence-corrected chi connectivity index (χ3v) is 3.42. The Labute approximate surface area is 121 Å². The van der Waals surface area contributed by atoms with Crippen LogP contribution in [0.2, 0.25) is 0 Å². The van der Waals surface area contributed by atoms with Gasteiger partial charge in [-0.1, -0.05) is 20.8 Å². The Balaban J connectivity index is 2.14. The normalized spacial score (nSPS) is 12.9. The number of nitrogens with zero attached hydrogens (tertiary/aromatic N) is 4. The predicted molar refractivity (Wildman–Crippen MR) is 81.7 cm³/mol. The summed E-state index contributed by atoms with van der Waals surface area (Å²) in [7, 11) is 1.94. The molecule has 0 aliphatic carbocycles. The summed E-state index contributed by atoms with van der Waals surface area (Å²) in [6.07, 6.45) is 6.87. The van der Waals surface area contributed by atoms with Crippen molar-refractivity contribution >= 4 is 5.69 Å². The standard InChI is InChI=1S/C15H25N5/c1-6-15-14(8-17-20(15)9-11(2)3)18-12(4)13-7-16-19(5)10-13/h7-8,10-12,18H,6,9H2,1-5H3/t12-/m0/s1. The third-order valence-electron chi connectivity index (χ3n) is 3.42. The van der Waals surface area contributed by atoms with Crippen LogP contribution in [0.4, 0.5) is 5.69 Å². The maximum atomic E-state index is 4.51. The minimum atomic E-state index is 0.228. The summed E-state index contributed by atoms with van der Waals surface area (Å²) in [6.45, 7) is 9.72. The Morgan fingerprint density at radius 1 is 1.20 bits per heavy atom. The highest BCUT2D eigenvalue weighted by Gasteiger charge is 2.14. The first-order valence-corrected chi connectivity index (χ1v) is 7.31. The van der Waals surface area contributed by atoms with E-state index in [2.05, 4.69) is 47.9 Å². The van der Waals surface area contributed by atoms with Gasteiger partial charge < -0.3 is 5.32 Å². The van der Waals surface area contributed by atoms with Crippen LogP contribution < -0.4 is 5.32 Å².